The van der Waals surface area contributed by atoms with Crippen molar-refractivity contribution in [1.29, 1.82) is 0 Å². The third-order valence-corrected chi connectivity index (χ3v) is 3.50. The first-order valence-electron chi connectivity index (χ1n) is 7.35. The molecule has 3 rings (SSSR count). The summed E-state index contributed by atoms with van der Waals surface area (Å²) in [6.45, 7) is 4.09. The summed E-state index contributed by atoms with van der Waals surface area (Å²) in [6.07, 6.45) is 12.0. The van der Waals surface area contributed by atoms with E-state index in [2.05, 4.69) is 45.4 Å². The van der Waals surface area contributed by atoms with E-state index in [1.54, 1.807) is 18.6 Å². The number of para-hydroxylation sites is 1. The number of nitrogens with one attached hydrogen (secondary N) is 1. The van der Waals surface area contributed by atoms with E-state index in [-0.39, 0.29) is 5.54 Å². The molecule has 2 heterocycles. The Morgan fingerprint density at radius 1 is 1.23 bits per heavy atom. The van der Waals surface area contributed by atoms with Crippen LogP contribution in [0.4, 0.5) is 0 Å². The smallest absolute Gasteiger partial charge is 0.0813 e. The number of hydrogen-bond donors (Lipinski definition) is 2. The zero-order chi connectivity index (χ0) is 15.6. The van der Waals surface area contributed by atoms with Crippen molar-refractivity contribution in [2.45, 2.75) is 25.8 Å². The van der Waals surface area contributed by atoms with Crippen LogP contribution in [0.1, 0.15) is 30.7 Å². The number of benzene rings is 1. The largest absolute Gasteiger partial charge is 0.360 e. The van der Waals surface area contributed by atoms with E-state index in [0.717, 1.165) is 23.2 Å². The van der Waals surface area contributed by atoms with Crippen LogP contribution in [0.25, 0.3) is 23.1 Å². The summed E-state index contributed by atoms with van der Waals surface area (Å²) in [5.74, 6) is 0. The molecule has 0 saturated heterocycles. The Morgan fingerprint density at radius 2 is 2.09 bits per heavy atom. The van der Waals surface area contributed by atoms with Crippen molar-refractivity contribution < 1.29 is 0 Å². The topological polar surface area (TPSA) is 67.6 Å². The van der Waals surface area contributed by atoms with Crippen LogP contribution in [-0.4, -0.2) is 20.5 Å². The Kier molecular flexibility index (Phi) is 3.77. The summed E-state index contributed by atoms with van der Waals surface area (Å²) in [5.41, 5.74) is 10.3. The summed E-state index contributed by atoms with van der Waals surface area (Å²) in [5, 5.41) is 1.22. The van der Waals surface area contributed by atoms with E-state index < -0.39 is 0 Å². The first-order valence-corrected chi connectivity index (χ1v) is 7.35. The first kappa shape index (κ1) is 14.5. The fourth-order valence-electron chi connectivity index (χ4n) is 2.58. The van der Waals surface area contributed by atoms with Crippen LogP contribution in [0.15, 0.2) is 43.0 Å². The molecule has 22 heavy (non-hydrogen) atoms. The lowest BCUT2D eigenvalue weighted by molar-refractivity contribution is 0.518. The number of H-pyrrole nitrogens is 1. The third kappa shape index (κ3) is 3.23. The molecule has 0 aliphatic heterocycles. The number of aromatic amines is 1. The van der Waals surface area contributed by atoms with Crippen LogP contribution in [0.5, 0.6) is 0 Å². The zero-order valence-corrected chi connectivity index (χ0v) is 12.9. The molecule has 3 N–H and O–H groups in total. The van der Waals surface area contributed by atoms with Gasteiger partial charge in [0.1, 0.15) is 0 Å². The summed E-state index contributed by atoms with van der Waals surface area (Å²) < 4.78 is 0. The standard InChI is InChI=1S/C18H20N4/c1-18(2,19)10-14-11-22-17-13(4-3-5-16(14)17)6-7-15-12-20-8-9-21-15/h3-9,11-12,22H,10,19H2,1-2H3/b7-6+. The predicted molar refractivity (Wildman–Crippen MR) is 91.2 cm³/mol. The molecule has 112 valence electrons. The molecule has 0 fully saturated rings. The number of rotatable bonds is 4. The Labute approximate surface area is 130 Å². The van der Waals surface area contributed by atoms with Crippen LogP contribution in [-0.2, 0) is 6.42 Å². The van der Waals surface area contributed by atoms with Gasteiger partial charge in [-0.3, -0.25) is 9.97 Å². The Bertz CT molecular complexity index is 795. The molecule has 0 aliphatic rings. The van der Waals surface area contributed by atoms with Gasteiger partial charge < -0.3 is 10.7 Å². The van der Waals surface area contributed by atoms with Crippen LogP contribution < -0.4 is 5.73 Å². The van der Waals surface area contributed by atoms with Gasteiger partial charge in [-0.1, -0.05) is 24.3 Å². The number of aromatic nitrogens is 3. The fraction of sp³-hybridized carbons (Fsp3) is 0.222. The van der Waals surface area contributed by atoms with Crippen LogP contribution in [0, 0.1) is 0 Å². The van der Waals surface area contributed by atoms with Crippen molar-refractivity contribution in [3.63, 3.8) is 0 Å². The molecule has 2 aromatic heterocycles. The second-order valence-electron chi connectivity index (χ2n) is 6.21. The summed E-state index contributed by atoms with van der Waals surface area (Å²) in [4.78, 5) is 11.7. The Balaban J connectivity index is 1.96. The van der Waals surface area contributed by atoms with Gasteiger partial charge in [-0.25, -0.2) is 0 Å². The summed E-state index contributed by atoms with van der Waals surface area (Å²) in [7, 11) is 0. The Morgan fingerprint density at radius 3 is 2.82 bits per heavy atom. The average molecular weight is 292 g/mol. The maximum atomic E-state index is 6.15. The number of nitrogens with two attached hydrogens (primary N) is 1. The maximum Gasteiger partial charge on any atom is 0.0813 e. The Hall–Kier alpha value is -2.46. The van der Waals surface area contributed by atoms with Gasteiger partial charge in [0, 0.05) is 29.5 Å². The van der Waals surface area contributed by atoms with Gasteiger partial charge in [-0.05, 0) is 37.5 Å². The molecule has 0 saturated carbocycles. The maximum absolute atomic E-state index is 6.15. The highest BCUT2D eigenvalue weighted by Crippen LogP contribution is 2.25. The minimum absolute atomic E-state index is 0.222. The molecule has 1 aromatic carbocycles. The molecule has 0 amide bonds. The molecule has 4 heteroatoms. The zero-order valence-electron chi connectivity index (χ0n) is 12.9. The van der Waals surface area contributed by atoms with Crippen molar-refractivity contribution in [2.75, 3.05) is 0 Å². The molecular weight excluding hydrogens is 272 g/mol. The van der Waals surface area contributed by atoms with Gasteiger partial charge in [-0.2, -0.15) is 0 Å². The van der Waals surface area contributed by atoms with Gasteiger partial charge in [0.25, 0.3) is 0 Å². The van der Waals surface area contributed by atoms with E-state index in [1.807, 2.05) is 19.9 Å². The quantitative estimate of drug-likeness (QED) is 0.774. The van der Waals surface area contributed by atoms with E-state index in [0.29, 0.717) is 0 Å². The van der Waals surface area contributed by atoms with Crippen LogP contribution >= 0.6 is 0 Å². The van der Waals surface area contributed by atoms with Crippen molar-refractivity contribution in [3.8, 4) is 0 Å². The number of fused-ring (bicyclic) bond motifs is 1. The van der Waals surface area contributed by atoms with Gasteiger partial charge in [-0.15, -0.1) is 0 Å². The first-order chi connectivity index (χ1) is 10.5. The summed E-state index contributed by atoms with van der Waals surface area (Å²) >= 11 is 0. The van der Waals surface area contributed by atoms with Crippen molar-refractivity contribution >= 4 is 23.1 Å². The van der Waals surface area contributed by atoms with E-state index in [9.17, 15) is 0 Å². The van der Waals surface area contributed by atoms with Crippen molar-refractivity contribution in [2.24, 2.45) is 5.73 Å². The highest BCUT2D eigenvalue weighted by molar-refractivity contribution is 5.92. The van der Waals surface area contributed by atoms with Gasteiger partial charge in [0.2, 0.25) is 0 Å². The molecule has 4 nitrogen and oxygen atoms in total. The normalized spacial score (nSPS) is 12.3. The molecule has 0 aliphatic carbocycles. The minimum atomic E-state index is -0.222. The average Bonchev–Trinajstić information content (AvgIpc) is 2.88. The van der Waals surface area contributed by atoms with Crippen LogP contribution in [0.3, 0.4) is 0 Å². The second-order valence-corrected chi connectivity index (χ2v) is 6.21. The number of nitrogens with zero attached hydrogens (tertiary/aromatic N) is 2. The molecule has 0 atom stereocenters. The number of hydrogen-bond acceptors (Lipinski definition) is 3. The van der Waals surface area contributed by atoms with Gasteiger partial charge in [0.15, 0.2) is 0 Å². The SMILES string of the molecule is CC(C)(N)Cc1c[nH]c2c(/C=C/c3cnccn3)cccc12. The van der Waals surface area contributed by atoms with Crippen molar-refractivity contribution in [1.82, 2.24) is 15.0 Å². The fourth-order valence-corrected chi connectivity index (χ4v) is 2.58. The molecular formula is C18H20N4. The van der Waals surface area contributed by atoms with E-state index >= 15 is 0 Å². The lowest BCUT2D eigenvalue weighted by Crippen LogP contribution is -2.34. The predicted octanol–water partition coefficient (Wildman–Crippen LogP) is 3.41. The highest BCUT2D eigenvalue weighted by atomic mass is 14.8. The molecule has 0 bridgehead atoms. The van der Waals surface area contributed by atoms with Crippen LogP contribution in [0.2, 0.25) is 0 Å². The second kappa shape index (κ2) is 5.73. The van der Waals surface area contributed by atoms with Gasteiger partial charge in [0.05, 0.1) is 17.4 Å². The molecule has 0 spiro atoms. The lowest BCUT2D eigenvalue weighted by Gasteiger charge is -2.17. The van der Waals surface area contributed by atoms with E-state index in [4.69, 9.17) is 5.73 Å². The molecule has 0 unspecified atom stereocenters. The molecule has 3 aromatic rings. The summed E-state index contributed by atoms with van der Waals surface area (Å²) in [6, 6.07) is 6.29. The molecule has 0 radical (unpaired) electrons. The lowest BCUT2D eigenvalue weighted by atomic mass is 9.95. The monoisotopic (exact) mass is 292 g/mol. The van der Waals surface area contributed by atoms with E-state index in [1.165, 1.54) is 10.9 Å². The van der Waals surface area contributed by atoms with Gasteiger partial charge >= 0.3 is 0 Å². The highest BCUT2D eigenvalue weighted by Gasteiger charge is 2.15. The minimum Gasteiger partial charge on any atom is -0.360 e. The van der Waals surface area contributed by atoms with Crippen molar-refractivity contribution in [3.05, 3.63) is 59.8 Å². The third-order valence-electron chi connectivity index (χ3n) is 3.50.